The van der Waals surface area contributed by atoms with Gasteiger partial charge in [0.25, 0.3) is 5.69 Å². The molecule has 3 aromatic rings. The maximum atomic E-state index is 12.2. The average Bonchev–Trinajstić information content (AvgIpc) is 3.00. The molecule has 0 saturated heterocycles. The molecule has 0 saturated carbocycles. The van der Waals surface area contributed by atoms with Gasteiger partial charge >= 0.3 is 5.91 Å². The number of nitrogens with zero attached hydrogens (tertiary/aromatic N) is 2. The van der Waals surface area contributed by atoms with Gasteiger partial charge in [-0.2, -0.15) is 5.10 Å². The molecule has 1 aromatic heterocycles. The molecular formula is C16H8Br2ClN3O4. The average molecular weight is 502 g/mol. The highest BCUT2D eigenvalue weighted by molar-refractivity contribution is 9.11. The summed E-state index contributed by atoms with van der Waals surface area (Å²) in [5.74, 6) is -0.497. The second kappa shape index (κ2) is 7.56. The molecule has 0 atom stereocenters. The Hall–Kier alpha value is -2.23. The number of halogens is 3. The number of carbonyl (C=O) groups is 1. The van der Waals surface area contributed by atoms with E-state index >= 15 is 0 Å². The molecular weight excluding hydrogens is 493 g/mol. The maximum Gasteiger partial charge on any atom is 0.307 e. The molecule has 0 spiro atoms. The zero-order valence-corrected chi connectivity index (χ0v) is 16.6. The van der Waals surface area contributed by atoms with Crippen LogP contribution in [0, 0.1) is 10.1 Å². The van der Waals surface area contributed by atoms with E-state index in [4.69, 9.17) is 16.0 Å². The Morgan fingerprint density at radius 3 is 2.77 bits per heavy atom. The van der Waals surface area contributed by atoms with Crippen molar-refractivity contribution in [2.24, 2.45) is 5.10 Å². The summed E-state index contributed by atoms with van der Waals surface area (Å²) in [6.07, 6.45) is 1.22. The van der Waals surface area contributed by atoms with Crippen molar-refractivity contribution in [2.75, 3.05) is 0 Å². The van der Waals surface area contributed by atoms with Crippen molar-refractivity contribution in [1.29, 1.82) is 0 Å². The lowest BCUT2D eigenvalue weighted by Gasteiger charge is -1.99. The van der Waals surface area contributed by atoms with Crippen LogP contribution in [0.4, 0.5) is 5.69 Å². The maximum absolute atomic E-state index is 12.2. The highest BCUT2D eigenvalue weighted by Gasteiger charge is 2.14. The van der Waals surface area contributed by atoms with Crippen LogP contribution in [0.15, 0.2) is 54.9 Å². The summed E-state index contributed by atoms with van der Waals surface area (Å²) < 4.78 is 7.06. The van der Waals surface area contributed by atoms with Crippen LogP contribution in [0.5, 0.6) is 0 Å². The Kier molecular flexibility index (Phi) is 5.40. The van der Waals surface area contributed by atoms with Gasteiger partial charge in [0.2, 0.25) is 0 Å². The summed E-state index contributed by atoms with van der Waals surface area (Å²) in [6.45, 7) is 0. The molecule has 1 heterocycles. The van der Waals surface area contributed by atoms with Crippen LogP contribution < -0.4 is 5.43 Å². The normalized spacial score (nSPS) is 11.2. The first kappa shape index (κ1) is 18.6. The number of amides is 1. The van der Waals surface area contributed by atoms with Crippen molar-refractivity contribution in [3.63, 3.8) is 0 Å². The van der Waals surface area contributed by atoms with Crippen molar-refractivity contribution in [2.45, 2.75) is 0 Å². The number of nitrogens with one attached hydrogen (secondary N) is 1. The molecule has 132 valence electrons. The number of rotatable bonds is 4. The summed E-state index contributed by atoms with van der Waals surface area (Å²) in [6, 6.07) is 9.12. The minimum atomic E-state index is -0.568. The van der Waals surface area contributed by atoms with Crippen molar-refractivity contribution in [3.05, 3.63) is 71.8 Å². The fourth-order valence-electron chi connectivity index (χ4n) is 2.15. The Bertz CT molecular complexity index is 1070. The van der Waals surface area contributed by atoms with Gasteiger partial charge in [0.1, 0.15) is 5.58 Å². The van der Waals surface area contributed by atoms with Crippen molar-refractivity contribution in [1.82, 2.24) is 5.43 Å². The lowest BCUT2D eigenvalue weighted by Crippen LogP contribution is -2.16. The molecule has 1 N–H and O–H groups in total. The van der Waals surface area contributed by atoms with Gasteiger partial charge in [-0.05, 0) is 40.2 Å². The minimum absolute atomic E-state index is 0.0705. The van der Waals surface area contributed by atoms with E-state index < -0.39 is 10.8 Å². The predicted octanol–water partition coefficient (Wildman–Crippen LogP) is 5.28. The number of nitro groups is 1. The zero-order valence-electron chi connectivity index (χ0n) is 12.7. The van der Waals surface area contributed by atoms with E-state index in [1.54, 1.807) is 12.1 Å². The minimum Gasteiger partial charge on any atom is -0.450 e. The van der Waals surface area contributed by atoms with Crippen LogP contribution >= 0.6 is 43.5 Å². The smallest absolute Gasteiger partial charge is 0.307 e. The molecule has 26 heavy (non-hydrogen) atoms. The number of hydrogen-bond donors (Lipinski definition) is 1. The van der Waals surface area contributed by atoms with Crippen molar-refractivity contribution in [3.8, 4) is 0 Å². The van der Waals surface area contributed by atoms with Crippen molar-refractivity contribution >= 4 is 72.2 Å². The molecule has 10 heteroatoms. The van der Waals surface area contributed by atoms with Crippen LogP contribution in [0.1, 0.15) is 16.1 Å². The van der Waals surface area contributed by atoms with Gasteiger partial charge in [-0.15, -0.1) is 0 Å². The van der Waals surface area contributed by atoms with E-state index in [0.717, 1.165) is 9.86 Å². The largest absolute Gasteiger partial charge is 0.450 e. The van der Waals surface area contributed by atoms with E-state index in [1.807, 2.05) is 6.07 Å². The summed E-state index contributed by atoms with van der Waals surface area (Å²) in [5.41, 5.74) is 3.00. The Morgan fingerprint density at radius 1 is 1.27 bits per heavy atom. The third-order valence-corrected chi connectivity index (χ3v) is 4.71. The van der Waals surface area contributed by atoms with Crippen LogP contribution in [0.25, 0.3) is 11.0 Å². The number of hydrogen-bond acceptors (Lipinski definition) is 5. The fraction of sp³-hybridized carbons (Fsp3) is 0. The molecule has 0 bridgehead atoms. The van der Waals surface area contributed by atoms with E-state index in [1.165, 1.54) is 24.4 Å². The SMILES string of the molecule is O=C(N/N=C\c1cc([N+](=O)[O-])ccc1Cl)c1cc2cc(Br)cc(Br)c2o1. The van der Waals surface area contributed by atoms with E-state index in [0.29, 0.717) is 15.6 Å². The lowest BCUT2D eigenvalue weighted by atomic mass is 10.2. The molecule has 0 aliphatic heterocycles. The lowest BCUT2D eigenvalue weighted by molar-refractivity contribution is -0.384. The van der Waals surface area contributed by atoms with E-state index in [9.17, 15) is 14.9 Å². The Labute approximate surface area is 168 Å². The number of non-ortho nitro benzene ring substituents is 1. The monoisotopic (exact) mass is 499 g/mol. The second-order valence-electron chi connectivity index (χ2n) is 5.08. The first-order valence-electron chi connectivity index (χ1n) is 7.01. The van der Waals surface area contributed by atoms with E-state index in [-0.39, 0.29) is 16.5 Å². The molecule has 0 aliphatic rings. The van der Waals surface area contributed by atoms with Gasteiger partial charge in [0.05, 0.1) is 15.6 Å². The van der Waals surface area contributed by atoms with Gasteiger partial charge in [0, 0.05) is 32.6 Å². The fourth-order valence-corrected chi connectivity index (χ4v) is 3.65. The number of carbonyl (C=O) groups excluding carboxylic acids is 1. The summed E-state index contributed by atoms with van der Waals surface area (Å²) >= 11 is 12.7. The molecule has 0 radical (unpaired) electrons. The highest BCUT2D eigenvalue weighted by atomic mass is 79.9. The third kappa shape index (κ3) is 3.95. The Morgan fingerprint density at radius 2 is 2.04 bits per heavy atom. The number of furan rings is 1. The van der Waals surface area contributed by atoms with Crippen molar-refractivity contribution < 1.29 is 14.1 Å². The summed E-state index contributed by atoms with van der Waals surface area (Å²) in [5, 5.41) is 15.6. The first-order chi connectivity index (χ1) is 12.3. The number of hydrazone groups is 1. The topological polar surface area (TPSA) is 97.7 Å². The second-order valence-corrected chi connectivity index (χ2v) is 7.26. The van der Waals surface area contributed by atoms with Gasteiger partial charge in [0.15, 0.2) is 5.76 Å². The summed E-state index contributed by atoms with van der Waals surface area (Å²) in [4.78, 5) is 22.4. The quantitative estimate of drug-likeness (QED) is 0.299. The van der Waals surface area contributed by atoms with Crippen LogP contribution in [-0.2, 0) is 0 Å². The molecule has 3 rings (SSSR count). The third-order valence-electron chi connectivity index (χ3n) is 3.32. The van der Waals surface area contributed by atoms with Crippen LogP contribution in [0.2, 0.25) is 5.02 Å². The van der Waals surface area contributed by atoms with Gasteiger partial charge < -0.3 is 4.42 Å². The highest BCUT2D eigenvalue weighted by Crippen LogP contribution is 2.31. The number of fused-ring (bicyclic) bond motifs is 1. The van der Waals surface area contributed by atoms with Gasteiger partial charge in [-0.3, -0.25) is 14.9 Å². The molecule has 0 aliphatic carbocycles. The summed E-state index contributed by atoms with van der Waals surface area (Å²) in [7, 11) is 0. The molecule has 7 nitrogen and oxygen atoms in total. The molecule has 0 unspecified atom stereocenters. The molecule has 1 amide bonds. The van der Waals surface area contributed by atoms with E-state index in [2.05, 4.69) is 42.4 Å². The standard InChI is InChI=1S/C16H8Br2ClN3O4/c17-10-3-8-5-14(26-15(8)12(18)6-10)16(23)21-20-7-9-4-11(22(24)25)1-2-13(9)19/h1-7H,(H,21,23)/b20-7-. The van der Waals surface area contributed by atoms with Crippen LogP contribution in [0.3, 0.4) is 0 Å². The first-order valence-corrected chi connectivity index (χ1v) is 8.97. The Balaban J connectivity index is 1.79. The number of nitro benzene ring substituents is 1. The zero-order chi connectivity index (χ0) is 18.8. The number of benzene rings is 2. The molecule has 2 aromatic carbocycles. The van der Waals surface area contributed by atoms with Crippen LogP contribution in [-0.4, -0.2) is 17.0 Å². The predicted molar refractivity (Wildman–Crippen MR) is 105 cm³/mol. The van der Waals surface area contributed by atoms with Gasteiger partial charge in [-0.1, -0.05) is 27.5 Å². The molecule has 0 fully saturated rings. The van der Waals surface area contributed by atoms with Gasteiger partial charge in [-0.25, -0.2) is 5.43 Å².